The molecule has 0 spiro atoms. The number of carbonyl (C=O) groups excluding carboxylic acids is 2. The molecule has 2 N–H and O–H groups in total. The van der Waals surface area contributed by atoms with Crippen molar-refractivity contribution in [3.8, 4) is 0 Å². The average Bonchev–Trinajstić information content (AvgIpc) is 3.07. The molecule has 8 heteroatoms. The first kappa shape index (κ1) is 19.7. The van der Waals surface area contributed by atoms with Crippen molar-refractivity contribution in [2.75, 3.05) is 5.32 Å². The van der Waals surface area contributed by atoms with E-state index in [1.807, 2.05) is 18.4 Å². The maximum Gasteiger partial charge on any atom is 0.257 e. The summed E-state index contributed by atoms with van der Waals surface area (Å²) in [7, 11) is 0. The maximum atomic E-state index is 12.3. The van der Waals surface area contributed by atoms with Gasteiger partial charge in [0.05, 0.1) is 23.2 Å². The number of rotatable bonds is 6. The van der Waals surface area contributed by atoms with Crippen molar-refractivity contribution in [3.63, 3.8) is 0 Å². The summed E-state index contributed by atoms with van der Waals surface area (Å²) in [6.07, 6.45) is 1.69. The predicted octanol–water partition coefficient (Wildman–Crippen LogP) is 4.05. The Labute approximate surface area is 171 Å². The lowest BCUT2D eigenvalue weighted by Gasteiger charge is -2.07. The lowest BCUT2D eigenvalue weighted by molar-refractivity contribution is -0.120. The molecule has 3 aromatic rings. The van der Waals surface area contributed by atoms with Gasteiger partial charge in [0, 0.05) is 16.8 Å². The summed E-state index contributed by atoms with van der Waals surface area (Å²) in [6.45, 7) is 1.88. The van der Waals surface area contributed by atoms with Crippen LogP contribution in [0.5, 0.6) is 0 Å². The van der Waals surface area contributed by atoms with E-state index in [1.165, 1.54) is 17.6 Å². The normalized spacial score (nSPS) is 10.8. The van der Waals surface area contributed by atoms with Crippen molar-refractivity contribution >= 4 is 46.7 Å². The van der Waals surface area contributed by atoms with Crippen molar-refractivity contribution in [2.24, 2.45) is 5.10 Å². The lowest BCUT2D eigenvalue weighted by atomic mass is 10.2. The van der Waals surface area contributed by atoms with Crippen molar-refractivity contribution in [2.45, 2.75) is 13.3 Å². The number of amides is 2. The van der Waals surface area contributed by atoms with Gasteiger partial charge in [-0.25, -0.2) is 10.4 Å². The van der Waals surface area contributed by atoms with Crippen LogP contribution < -0.4 is 10.7 Å². The third-order valence-corrected chi connectivity index (χ3v) is 4.94. The van der Waals surface area contributed by atoms with Crippen LogP contribution in [0.25, 0.3) is 0 Å². The quantitative estimate of drug-likeness (QED) is 0.473. The summed E-state index contributed by atoms with van der Waals surface area (Å²) in [6, 6.07) is 13.9. The second-order valence-electron chi connectivity index (χ2n) is 5.91. The third-order valence-electron chi connectivity index (χ3n) is 3.64. The van der Waals surface area contributed by atoms with Crippen LogP contribution in [-0.4, -0.2) is 23.0 Å². The van der Waals surface area contributed by atoms with Crippen LogP contribution in [0.15, 0.2) is 59.0 Å². The highest BCUT2D eigenvalue weighted by molar-refractivity contribution is 7.09. The molecule has 142 valence electrons. The Morgan fingerprint density at radius 1 is 1.21 bits per heavy atom. The highest BCUT2D eigenvalue weighted by Crippen LogP contribution is 2.17. The first-order valence-corrected chi connectivity index (χ1v) is 9.66. The van der Waals surface area contributed by atoms with E-state index in [9.17, 15) is 9.59 Å². The molecule has 0 atom stereocenters. The molecule has 0 radical (unpaired) electrons. The van der Waals surface area contributed by atoms with E-state index in [4.69, 9.17) is 11.6 Å². The number of thiazole rings is 1. The van der Waals surface area contributed by atoms with Gasteiger partial charge in [0.2, 0.25) is 5.91 Å². The number of carbonyl (C=O) groups is 2. The molecular formula is C20H17ClN4O2S. The zero-order valence-electron chi connectivity index (χ0n) is 15.0. The number of hydrazone groups is 1. The molecule has 28 heavy (non-hydrogen) atoms. The zero-order chi connectivity index (χ0) is 19.9. The molecule has 3 rings (SSSR count). The summed E-state index contributed by atoms with van der Waals surface area (Å²) < 4.78 is 0. The maximum absolute atomic E-state index is 12.3. The first-order chi connectivity index (χ1) is 13.5. The van der Waals surface area contributed by atoms with Crippen LogP contribution in [0, 0.1) is 6.92 Å². The van der Waals surface area contributed by atoms with Crippen molar-refractivity contribution in [1.82, 2.24) is 10.4 Å². The Hall–Kier alpha value is -3.03. The Morgan fingerprint density at radius 3 is 2.79 bits per heavy atom. The van der Waals surface area contributed by atoms with E-state index in [1.54, 1.807) is 42.5 Å². The van der Waals surface area contributed by atoms with E-state index in [0.717, 1.165) is 16.3 Å². The summed E-state index contributed by atoms with van der Waals surface area (Å²) >= 11 is 7.49. The van der Waals surface area contributed by atoms with Gasteiger partial charge in [-0.1, -0.05) is 35.9 Å². The minimum atomic E-state index is -0.299. The second-order valence-corrected chi connectivity index (χ2v) is 7.26. The molecule has 0 bridgehead atoms. The summed E-state index contributed by atoms with van der Waals surface area (Å²) in [5, 5.41) is 9.78. The molecule has 0 fully saturated rings. The Morgan fingerprint density at radius 2 is 2.04 bits per heavy atom. The monoisotopic (exact) mass is 412 g/mol. The smallest absolute Gasteiger partial charge is 0.257 e. The Bertz CT molecular complexity index is 1030. The van der Waals surface area contributed by atoms with Gasteiger partial charge < -0.3 is 5.32 Å². The van der Waals surface area contributed by atoms with Crippen LogP contribution in [0.3, 0.4) is 0 Å². The molecular weight excluding hydrogens is 396 g/mol. The largest absolute Gasteiger partial charge is 0.322 e. The van der Waals surface area contributed by atoms with Gasteiger partial charge in [-0.05, 0) is 36.8 Å². The average molecular weight is 413 g/mol. The van der Waals surface area contributed by atoms with E-state index in [2.05, 4.69) is 20.8 Å². The Balaban J connectivity index is 1.58. The van der Waals surface area contributed by atoms with Crippen molar-refractivity contribution < 1.29 is 9.59 Å². The van der Waals surface area contributed by atoms with Gasteiger partial charge in [-0.2, -0.15) is 5.10 Å². The SMILES string of the molecule is Cc1csc(CC(=O)N/N=C/c2cccc(NC(=O)c3ccccc3Cl)c2)n1. The number of nitrogens with one attached hydrogen (secondary N) is 2. The number of anilines is 1. The van der Waals surface area contributed by atoms with Gasteiger partial charge in [0.25, 0.3) is 5.91 Å². The minimum Gasteiger partial charge on any atom is -0.322 e. The molecule has 1 aromatic heterocycles. The van der Waals surface area contributed by atoms with Crippen LogP contribution in [0.2, 0.25) is 5.02 Å². The van der Waals surface area contributed by atoms with E-state index in [0.29, 0.717) is 16.3 Å². The molecule has 0 aliphatic rings. The van der Waals surface area contributed by atoms with Gasteiger partial charge in [0.15, 0.2) is 0 Å². The van der Waals surface area contributed by atoms with Crippen molar-refractivity contribution in [3.05, 3.63) is 80.8 Å². The number of halogens is 1. The molecule has 2 aromatic carbocycles. The van der Waals surface area contributed by atoms with E-state index >= 15 is 0 Å². The molecule has 0 aliphatic carbocycles. The molecule has 0 aliphatic heterocycles. The number of aromatic nitrogens is 1. The predicted molar refractivity (Wildman–Crippen MR) is 112 cm³/mol. The van der Waals surface area contributed by atoms with Crippen LogP contribution in [0.1, 0.15) is 26.6 Å². The number of benzene rings is 2. The number of nitrogens with zero attached hydrogens (tertiary/aromatic N) is 2. The standard InChI is InChI=1S/C20H17ClN4O2S/c1-13-12-28-19(23-13)10-18(26)25-22-11-14-5-4-6-15(9-14)24-20(27)16-7-2-3-8-17(16)21/h2-9,11-12H,10H2,1H3,(H,24,27)(H,25,26)/b22-11+. The fourth-order valence-electron chi connectivity index (χ4n) is 2.38. The third kappa shape index (κ3) is 5.48. The van der Waals surface area contributed by atoms with Gasteiger partial charge in [-0.3, -0.25) is 9.59 Å². The first-order valence-electron chi connectivity index (χ1n) is 8.40. The molecule has 0 unspecified atom stereocenters. The lowest BCUT2D eigenvalue weighted by Crippen LogP contribution is -2.19. The molecule has 0 saturated heterocycles. The topological polar surface area (TPSA) is 83.5 Å². The molecule has 2 amide bonds. The molecule has 1 heterocycles. The fraction of sp³-hybridized carbons (Fsp3) is 0.100. The number of hydrogen-bond acceptors (Lipinski definition) is 5. The van der Waals surface area contributed by atoms with Gasteiger partial charge in [0.1, 0.15) is 5.01 Å². The number of hydrogen-bond donors (Lipinski definition) is 2. The van der Waals surface area contributed by atoms with Crippen molar-refractivity contribution in [1.29, 1.82) is 0 Å². The van der Waals surface area contributed by atoms with Gasteiger partial charge in [-0.15, -0.1) is 11.3 Å². The summed E-state index contributed by atoms with van der Waals surface area (Å²) in [5.74, 6) is -0.541. The van der Waals surface area contributed by atoms with Crippen LogP contribution in [0.4, 0.5) is 5.69 Å². The van der Waals surface area contributed by atoms with Crippen LogP contribution >= 0.6 is 22.9 Å². The molecule has 0 saturated carbocycles. The summed E-state index contributed by atoms with van der Waals surface area (Å²) in [4.78, 5) is 28.5. The van der Waals surface area contributed by atoms with E-state index < -0.39 is 0 Å². The highest BCUT2D eigenvalue weighted by atomic mass is 35.5. The fourth-order valence-corrected chi connectivity index (χ4v) is 3.37. The second kappa shape index (κ2) is 9.25. The number of aryl methyl sites for hydroxylation is 1. The van der Waals surface area contributed by atoms with Crippen LogP contribution in [-0.2, 0) is 11.2 Å². The Kier molecular flexibility index (Phi) is 6.52. The summed E-state index contributed by atoms with van der Waals surface area (Å²) in [5.41, 5.74) is 5.09. The minimum absolute atomic E-state index is 0.184. The molecule has 6 nitrogen and oxygen atoms in total. The van der Waals surface area contributed by atoms with Gasteiger partial charge >= 0.3 is 0 Å². The zero-order valence-corrected chi connectivity index (χ0v) is 16.6. The highest BCUT2D eigenvalue weighted by Gasteiger charge is 2.10. The van der Waals surface area contributed by atoms with E-state index in [-0.39, 0.29) is 18.2 Å².